The molecule has 1 heterocycles. The number of allylic oxidation sites excluding steroid dienone is 1. The Bertz CT molecular complexity index is 557. The van der Waals surface area contributed by atoms with Crippen molar-refractivity contribution in [3.05, 3.63) is 61.7 Å². The van der Waals surface area contributed by atoms with E-state index in [1.165, 1.54) is 0 Å². The highest BCUT2D eigenvalue weighted by molar-refractivity contribution is 9.11. The quantitative estimate of drug-likeness (QED) is 0.569. The van der Waals surface area contributed by atoms with Crippen LogP contribution in [0.3, 0.4) is 0 Å². The van der Waals surface area contributed by atoms with Crippen LogP contribution in [0.15, 0.2) is 46.3 Å². The van der Waals surface area contributed by atoms with Crippen LogP contribution in [0, 0.1) is 0 Å². The molecule has 0 bridgehead atoms. The van der Waals surface area contributed by atoms with Crippen molar-refractivity contribution in [3.8, 4) is 0 Å². The summed E-state index contributed by atoms with van der Waals surface area (Å²) in [5.74, 6) is -0.0220. The van der Waals surface area contributed by atoms with E-state index in [2.05, 4.69) is 15.9 Å². The van der Waals surface area contributed by atoms with Gasteiger partial charge in [0.15, 0.2) is 5.78 Å². The fraction of sp³-hybridized carbons (Fsp3) is 0. The van der Waals surface area contributed by atoms with Crippen LogP contribution in [0.1, 0.15) is 15.2 Å². The van der Waals surface area contributed by atoms with E-state index in [1.54, 1.807) is 41.7 Å². The van der Waals surface area contributed by atoms with Gasteiger partial charge in [0.1, 0.15) is 0 Å². The van der Waals surface area contributed by atoms with Crippen LogP contribution in [0.2, 0.25) is 5.02 Å². The van der Waals surface area contributed by atoms with Crippen molar-refractivity contribution in [1.29, 1.82) is 0 Å². The third-order valence-corrected chi connectivity index (χ3v) is 3.96. The lowest BCUT2D eigenvalue weighted by atomic mass is 10.1. The molecule has 0 aliphatic carbocycles. The Balaban J connectivity index is 2.11. The molecule has 2 aromatic rings. The van der Waals surface area contributed by atoms with E-state index in [1.807, 2.05) is 18.2 Å². The number of rotatable bonds is 3. The molecule has 0 radical (unpaired) electrons. The summed E-state index contributed by atoms with van der Waals surface area (Å²) in [6.07, 6.45) is 3.38. The van der Waals surface area contributed by atoms with Gasteiger partial charge in [0, 0.05) is 15.5 Å². The summed E-state index contributed by atoms with van der Waals surface area (Å²) in [5, 5.41) is 0.632. The maximum Gasteiger partial charge on any atom is 0.185 e. The lowest BCUT2D eigenvalue weighted by Crippen LogP contribution is -1.92. The number of benzene rings is 1. The summed E-state index contributed by atoms with van der Waals surface area (Å²) >= 11 is 10.7. The van der Waals surface area contributed by atoms with E-state index >= 15 is 0 Å². The Kier molecular flexibility index (Phi) is 4.15. The molecule has 4 heteroatoms. The molecule has 0 atom stereocenters. The van der Waals surface area contributed by atoms with E-state index in [0.717, 1.165) is 8.66 Å². The summed E-state index contributed by atoms with van der Waals surface area (Å²) in [7, 11) is 0. The van der Waals surface area contributed by atoms with Crippen LogP contribution in [-0.4, -0.2) is 5.78 Å². The van der Waals surface area contributed by atoms with Gasteiger partial charge >= 0.3 is 0 Å². The summed E-state index contributed by atoms with van der Waals surface area (Å²) in [5.41, 5.74) is 0.640. The number of carbonyl (C=O) groups excluding carboxylic acids is 1. The topological polar surface area (TPSA) is 17.1 Å². The zero-order valence-corrected chi connectivity index (χ0v) is 11.8. The molecule has 2 rings (SSSR count). The molecule has 1 aromatic heterocycles. The molecule has 17 heavy (non-hydrogen) atoms. The van der Waals surface area contributed by atoms with E-state index in [9.17, 15) is 4.79 Å². The fourth-order valence-electron chi connectivity index (χ4n) is 1.29. The lowest BCUT2D eigenvalue weighted by Gasteiger charge is -1.95. The van der Waals surface area contributed by atoms with Gasteiger partial charge in [0.2, 0.25) is 0 Å². The lowest BCUT2D eigenvalue weighted by molar-refractivity contribution is 0.104. The molecule has 0 spiro atoms. The molecule has 0 aliphatic rings. The van der Waals surface area contributed by atoms with E-state index in [0.29, 0.717) is 10.6 Å². The van der Waals surface area contributed by atoms with Gasteiger partial charge in [-0.2, -0.15) is 0 Å². The molecule has 0 N–H and O–H groups in total. The average Bonchev–Trinajstić information content (AvgIpc) is 2.73. The molecular weight excluding hydrogens is 320 g/mol. The van der Waals surface area contributed by atoms with Crippen molar-refractivity contribution < 1.29 is 4.79 Å². The second-order valence-electron chi connectivity index (χ2n) is 3.35. The van der Waals surface area contributed by atoms with Gasteiger partial charge in [-0.05, 0) is 64.5 Å². The fourth-order valence-corrected chi connectivity index (χ4v) is 2.74. The number of hydrogen-bond donors (Lipinski definition) is 0. The number of hydrogen-bond acceptors (Lipinski definition) is 2. The third-order valence-electron chi connectivity index (χ3n) is 2.12. The van der Waals surface area contributed by atoms with Crippen molar-refractivity contribution >= 4 is 50.7 Å². The summed E-state index contributed by atoms with van der Waals surface area (Å²) in [6.45, 7) is 0. The van der Waals surface area contributed by atoms with Gasteiger partial charge in [0.25, 0.3) is 0 Å². The number of carbonyl (C=O) groups is 1. The maximum atomic E-state index is 11.8. The Hall–Kier alpha value is -0.900. The van der Waals surface area contributed by atoms with Crippen molar-refractivity contribution in [3.63, 3.8) is 0 Å². The normalized spacial score (nSPS) is 10.9. The second kappa shape index (κ2) is 5.63. The predicted molar refractivity (Wildman–Crippen MR) is 76.8 cm³/mol. The van der Waals surface area contributed by atoms with E-state index in [4.69, 9.17) is 11.6 Å². The first-order valence-corrected chi connectivity index (χ1v) is 6.87. The molecular formula is C13H8BrClOS. The smallest absolute Gasteiger partial charge is 0.185 e. The van der Waals surface area contributed by atoms with Crippen LogP contribution < -0.4 is 0 Å². The van der Waals surface area contributed by atoms with Gasteiger partial charge in [-0.1, -0.05) is 11.6 Å². The van der Waals surface area contributed by atoms with Crippen molar-refractivity contribution in [2.75, 3.05) is 0 Å². The zero-order chi connectivity index (χ0) is 12.3. The van der Waals surface area contributed by atoms with Crippen LogP contribution in [0.25, 0.3) is 6.08 Å². The first-order valence-electron chi connectivity index (χ1n) is 4.88. The van der Waals surface area contributed by atoms with Gasteiger partial charge in [-0.15, -0.1) is 11.3 Å². The predicted octanol–water partition coefficient (Wildman–Crippen LogP) is 5.06. The number of thiophene rings is 1. The minimum Gasteiger partial charge on any atom is -0.289 e. The highest BCUT2D eigenvalue weighted by Gasteiger charge is 2.01. The highest BCUT2D eigenvalue weighted by Crippen LogP contribution is 2.23. The molecule has 0 saturated heterocycles. The Morgan fingerprint density at radius 3 is 2.47 bits per heavy atom. The Labute approximate surface area is 117 Å². The van der Waals surface area contributed by atoms with Crippen LogP contribution in [-0.2, 0) is 0 Å². The molecule has 1 nitrogen and oxygen atoms in total. The van der Waals surface area contributed by atoms with Crippen LogP contribution in [0.5, 0.6) is 0 Å². The molecule has 86 valence electrons. The van der Waals surface area contributed by atoms with Crippen LogP contribution >= 0.6 is 38.9 Å². The largest absolute Gasteiger partial charge is 0.289 e. The number of ketones is 1. The van der Waals surface area contributed by atoms with Gasteiger partial charge < -0.3 is 0 Å². The van der Waals surface area contributed by atoms with E-state index < -0.39 is 0 Å². The van der Waals surface area contributed by atoms with Gasteiger partial charge in [-0.3, -0.25) is 4.79 Å². The Morgan fingerprint density at radius 2 is 1.88 bits per heavy atom. The third kappa shape index (κ3) is 3.53. The minimum absolute atomic E-state index is 0.0220. The van der Waals surface area contributed by atoms with E-state index in [-0.39, 0.29) is 5.78 Å². The van der Waals surface area contributed by atoms with Crippen molar-refractivity contribution in [1.82, 2.24) is 0 Å². The standard InChI is InChI=1S/C13H8BrClOS/c14-13-8-6-11(17-13)5-7-12(16)9-1-3-10(15)4-2-9/h1-8H. The van der Waals surface area contributed by atoms with Crippen LogP contribution in [0.4, 0.5) is 0 Å². The molecule has 0 unspecified atom stereocenters. The first-order chi connectivity index (χ1) is 8.15. The maximum absolute atomic E-state index is 11.8. The SMILES string of the molecule is O=C(C=Cc1ccc(Br)s1)c1ccc(Cl)cc1. The Morgan fingerprint density at radius 1 is 1.18 bits per heavy atom. The van der Waals surface area contributed by atoms with Gasteiger partial charge in [0.05, 0.1) is 3.79 Å². The summed E-state index contributed by atoms with van der Waals surface area (Å²) in [4.78, 5) is 12.8. The minimum atomic E-state index is -0.0220. The number of halogens is 2. The molecule has 0 amide bonds. The highest BCUT2D eigenvalue weighted by atomic mass is 79.9. The van der Waals surface area contributed by atoms with Crippen molar-refractivity contribution in [2.45, 2.75) is 0 Å². The molecule has 0 fully saturated rings. The summed E-state index contributed by atoms with van der Waals surface area (Å²) in [6, 6.07) is 10.8. The molecule has 0 saturated carbocycles. The average molecular weight is 328 g/mol. The van der Waals surface area contributed by atoms with Crippen molar-refractivity contribution in [2.24, 2.45) is 0 Å². The molecule has 1 aromatic carbocycles. The van der Waals surface area contributed by atoms with Gasteiger partial charge in [-0.25, -0.2) is 0 Å². The first kappa shape index (κ1) is 12.6. The zero-order valence-electron chi connectivity index (χ0n) is 8.69. The monoisotopic (exact) mass is 326 g/mol. The molecule has 0 aliphatic heterocycles. The second-order valence-corrected chi connectivity index (χ2v) is 6.28. The summed E-state index contributed by atoms with van der Waals surface area (Å²) < 4.78 is 1.05.